The highest BCUT2D eigenvalue weighted by atomic mass is 32.2. The van der Waals surface area contributed by atoms with E-state index in [0.29, 0.717) is 16.5 Å². The molecule has 166 valence electrons. The van der Waals surface area contributed by atoms with Crippen molar-refractivity contribution in [1.29, 1.82) is 0 Å². The van der Waals surface area contributed by atoms with E-state index in [4.69, 9.17) is 9.15 Å². The zero-order chi connectivity index (χ0) is 22.8. The monoisotopic (exact) mass is 455 g/mol. The number of nitrogens with zero attached hydrogens (tertiary/aromatic N) is 1. The Morgan fingerprint density at radius 3 is 2.62 bits per heavy atom. The standard InChI is InChI=1S/C23H21NO7S/c1-12-3-6-17-15(9-12)21(26)19-20(13-4-5-16(25)18(10-13)30-2)24(23(27)22(19)31-17)14-7-8-32(28,29)11-14/h3-6,9-10,14,20,25H,7-8,11H2,1-2H3. The Morgan fingerprint density at radius 2 is 1.94 bits per heavy atom. The molecule has 5 rings (SSSR count). The number of benzene rings is 2. The first-order valence-electron chi connectivity index (χ1n) is 10.2. The van der Waals surface area contributed by atoms with E-state index in [2.05, 4.69) is 0 Å². The quantitative estimate of drug-likeness (QED) is 0.646. The lowest BCUT2D eigenvalue weighted by Gasteiger charge is -2.30. The molecule has 0 saturated carbocycles. The molecule has 9 heteroatoms. The van der Waals surface area contributed by atoms with E-state index >= 15 is 0 Å². The molecule has 2 atom stereocenters. The van der Waals surface area contributed by atoms with Gasteiger partial charge in [0.1, 0.15) is 5.58 Å². The van der Waals surface area contributed by atoms with Crippen LogP contribution in [0.1, 0.15) is 39.7 Å². The third-order valence-electron chi connectivity index (χ3n) is 6.18. The van der Waals surface area contributed by atoms with Crippen molar-refractivity contribution in [2.75, 3.05) is 18.6 Å². The minimum absolute atomic E-state index is 0.0219. The number of amides is 1. The van der Waals surface area contributed by atoms with Crippen molar-refractivity contribution in [2.24, 2.45) is 0 Å². The van der Waals surface area contributed by atoms with Gasteiger partial charge in [-0.15, -0.1) is 0 Å². The summed E-state index contributed by atoms with van der Waals surface area (Å²) in [5.41, 5.74) is 1.53. The fourth-order valence-corrected chi connectivity index (χ4v) is 6.38. The van der Waals surface area contributed by atoms with Crippen LogP contribution in [0, 0.1) is 6.92 Å². The highest BCUT2D eigenvalue weighted by molar-refractivity contribution is 7.91. The predicted molar refractivity (Wildman–Crippen MR) is 117 cm³/mol. The normalized spacial score (nSPS) is 21.8. The van der Waals surface area contributed by atoms with E-state index in [1.807, 2.05) is 6.92 Å². The van der Waals surface area contributed by atoms with E-state index in [1.54, 1.807) is 30.3 Å². The molecule has 32 heavy (non-hydrogen) atoms. The molecule has 3 heterocycles. The third kappa shape index (κ3) is 3.07. The summed E-state index contributed by atoms with van der Waals surface area (Å²) in [6.07, 6.45) is 0.278. The van der Waals surface area contributed by atoms with Gasteiger partial charge in [0.15, 0.2) is 26.8 Å². The molecule has 0 radical (unpaired) electrons. The van der Waals surface area contributed by atoms with Crippen LogP contribution in [0.2, 0.25) is 0 Å². The lowest BCUT2D eigenvalue weighted by atomic mass is 9.97. The van der Waals surface area contributed by atoms with Gasteiger partial charge in [0, 0.05) is 6.04 Å². The molecule has 0 aliphatic carbocycles. The topological polar surface area (TPSA) is 114 Å². The summed E-state index contributed by atoms with van der Waals surface area (Å²) in [5, 5.41) is 10.4. The number of carbonyl (C=O) groups excluding carboxylic acids is 1. The summed E-state index contributed by atoms with van der Waals surface area (Å²) < 4.78 is 35.5. The second-order valence-electron chi connectivity index (χ2n) is 8.28. The van der Waals surface area contributed by atoms with Gasteiger partial charge in [-0.2, -0.15) is 0 Å². The van der Waals surface area contributed by atoms with E-state index in [-0.39, 0.29) is 46.2 Å². The summed E-state index contributed by atoms with van der Waals surface area (Å²) in [6, 6.07) is 8.29. The lowest BCUT2D eigenvalue weighted by molar-refractivity contribution is 0.0662. The van der Waals surface area contributed by atoms with Crippen molar-refractivity contribution < 1.29 is 27.5 Å². The van der Waals surface area contributed by atoms with Crippen molar-refractivity contribution >= 4 is 26.7 Å². The maximum Gasteiger partial charge on any atom is 0.291 e. The smallest absolute Gasteiger partial charge is 0.291 e. The number of aryl methyl sites for hydroxylation is 1. The fourth-order valence-electron chi connectivity index (χ4n) is 4.67. The lowest BCUT2D eigenvalue weighted by Crippen LogP contribution is -2.40. The Hall–Kier alpha value is -3.33. The maximum atomic E-state index is 13.6. The zero-order valence-electron chi connectivity index (χ0n) is 17.5. The molecule has 2 unspecified atom stereocenters. The molecule has 1 aromatic heterocycles. The molecular weight excluding hydrogens is 434 g/mol. The molecule has 1 saturated heterocycles. The van der Waals surface area contributed by atoms with Gasteiger partial charge in [0.25, 0.3) is 5.91 Å². The number of methoxy groups -OCH3 is 1. The second-order valence-corrected chi connectivity index (χ2v) is 10.5. The Kier molecular flexibility index (Phi) is 4.56. The number of phenolic OH excluding ortho intramolecular Hbond substituents is 1. The van der Waals surface area contributed by atoms with Crippen LogP contribution in [-0.2, 0) is 9.84 Å². The highest BCUT2D eigenvalue weighted by Gasteiger charge is 2.48. The van der Waals surface area contributed by atoms with Gasteiger partial charge in [0.05, 0.1) is 35.6 Å². The van der Waals surface area contributed by atoms with Gasteiger partial charge in [-0.1, -0.05) is 17.7 Å². The van der Waals surface area contributed by atoms with Crippen LogP contribution in [0.4, 0.5) is 0 Å². The van der Waals surface area contributed by atoms with E-state index in [1.165, 1.54) is 18.1 Å². The van der Waals surface area contributed by atoms with Crippen LogP contribution in [0.15, 0.2) is 45.6 Å². The van der Waals surface area contributed by atoms with E-state index in [9.17, 15) is 23.1 Å². The first-order chi connectivity index (χ1) is 15.2. The Labute approximate surface area is 183 Å². The second kappa shape index (κ2) is 7.09. The predicted octanol–water partition coefficient (Wildman–Crippen LogP) is 2.55. The van der Waals surface area contributed by atoms with Crippen LogP contribution in [0.3, 0.4) is 0 Å². The molecular formula is C23H21NO7S. The Balaban J connectivity index is 1.78. The van der Waals surface area contributed by atoms with E-state index < -0.39 is 27.8 Å². The first kappa shape index (κ1) is 20.6. The molecule has 0 bridgehead atoms. The minimum atomic E-state index is -3.29. The van der Waals surface area contributed by atoms with Gasteiger partial charge in [-0.3, -0.25) is 9.59 Å². The number of rotatable bonds is 3. The van der Waals surface area contributed by atoms with Crippen molar-refractivity contribution in [3.8, 4) is 11.5 Å². The number of phenols is 1. The van der Waals surface area contributed by atoms with Crippen molar-refractivity contribution in [1.82, 2.24) is 4.90 Å². The van der Waals surface area contributed by atoms with Crippen LogP contribution < -0.4 is 10.2 Å². The average molecular weight is 455 g/mol. The van der Waals surface area contributed by atoms with Crippen molar-refractivity contribution in [3.63, 3.8) is 0 Å². The van der Waals surface area contributed by atoms with Crippen LogP contribution in [0.25, 0.3) is 11.0 Å². The molecule has 1 fully saturated rings. The third-order valence-corrected chi connectivity index (χ3v) is 7.93. The molecule has 2 aromatic carbocycles. The van der Waals surface area contributed by atoms with Gasteiger partial charge in [0.2, 0.25) is 5.76 Å². The summed E-state index contributed by atoms with van der Waals surface area (Å²) in [5.74, 6) is -0.691. The number of aromatic hydroxyl groups is 1. The van der Waals surface area contributed by atoms with Crippen LogP contribution >= 0.6 is 0 Å². The minimum Gasteiger partial charge on any atom is -0.504 e. The van der Waals surface area contributed by atoms with Crippen LogP contribution in [0.5, 0.6) is 11.5 Å². The molecule has 8 nitrogen and oxygen atoms in total. The average Bonchev–Trinajstić information content (AvgIpc) is 3.25. The number of fused-ring (bicyclic) bond motifs is 2. The van der Waals surface area contributed by atoms with Crippen LogP contribution in [-0.4, -0.2) is 49.0 Å². The summed E-state index contributed by atoms with van der Waals surface area (Å²) in [6.45, 7) is 1.86. The number of hydrogen-bond donors (Lipinski definition) is 1. The molecule has 0 spiro atoms. The number of ether oxygens (including phenoxy) is 1. The van der Waals surface area contributed by atoms with Gasteiger partial charge in [-0.05, 0) is 43.2 Å². The van der Waals surface area contributed by atoms with Crippen molar-refractivity contribution in [2.45, 2.75) is 25.4 Å². The molecule has 2 aliphatic heterocycles. The molecule has 3 aromatic rings. The van der Waals surface area contributed by atoms with Gasteiger partial charge >= 0.3 is 0 Å². The SMILES string of the molecule is COc1cc(C2c3c(oc4ccc(C)cc4c3=O)C(=O)N2C2CCS(=O)(=O)C2)ccc1O. The summed E-state index contributed by atoms with van der Waals surface area (Å²) in [7, 11) is -1.89. The number of sulfone groups is 1. The molecule has 1 amide bonds. The highest BCUT2D eigenvalue weighted by Crippen LogP contribution is 2.43. The summed E-state index contributed by atoms with van der Waals surface area (Å²) in [4.78, 5) is 28.5. The molecule has 1 N–H and O–H groups in total. The van der Waals surface area contributed by atoms with Crippen molar-refractivity contribution in [3.05, 3.63) is 69.1 Å². The zero-order valence-corrected chi connectivity index (χ0v) is 18.3. The van der Waals surface area contributed by atoms with Gasteiger partial charge < -0.3 is 19.2 Å². The largest absolute Gasteiger partial charge is 0.504 e. The fraction of sp³-hybridized carbons (Fsp3) is 0.304. The number of hydrogen-bond acceptors (Lipinski definition) is 7. The maximum absolute atomic E-state index is 13.6. The molecule has 2 aliphatic rings. The first-order valence-corrected chi connectivity index (χ1v) is 12.0. The number of carbonyl (C=O) groups is 1. The summed E-state index contributed by atoms with van der Waals surface area (Å²) >= 11 is 0. The Morgan fingerprint density at radius 1 is 1.16 bits per heavy atom. The Bertz CT molecular complexity index is 1440. The van der Waals surface area contributed by atoms with E-state index in [0.717, 1.165) is 5.56 Å². The van der Waals surface area contributed by atoms with Gasteiger partial charge in [-0.25, -0.2) is 8.42 Å².